The van der Waals surface area contributed by atoms with E-state index in [-0.39, 0.29) is 0 Å². The van der Waals surface area contributed by atoms with Gasteiger partial charge in [-0.15, -0.1) is 0 Å². The fourth-order valence-electron chi connectivity index (χ4n) is 9.06. The van der Waals surface area contributed by atoms with Crippen LogP contribution in [-0.2, 0) is 5.41 Å². The molecule has 0 radical (unpaired) electrons. The largest absolute Gasteiger partial charge is 0.247 e. The Balaban J connectivity index is 1.27. The van der Waals surface area contributed by atoms with Crippen molar-refractivity contribution in [3.05, 3.63) is 186 Å². The summed E-state index contributed by atoms with van der Waals surface area (Å²) in [5.41, 5.74) is 12.0. The minimum atomic E-state index is -0.428. The molecule has 0 fully saturated rings. The zero-order chi connectivity index (χ0) is 30.7. The molecule has 1 heterocycles. The molecule has 0 amide bonds. The third-order valence-electron chi connectivity index (χ3n) is 10.8. The van der Waals surface area contributed by atoms with Gasteiger partial charge in [0.05, 0.1) is 16.8 Å². The lowest BCUT2D eigenvalue weighted by atomic mass is 9.69. The number of hydrogen-bond donors (Lipinski definition) is 0. The summed E-state index contributed by atoms with van der Waals surface area (Å²) in [4.78, 5) is 5.71. The predicted molar refractivity (Wildman–Crippen MR) is 196 cm³/mol. The molecular formula is C46H27N. The third-order valence-corrected chi connectivity index (χ3v) is 10.8. The summed E-state index contributed by atoms with van der Waals surface area (Å²) in [6.07, 6.45) is 0. The minimum Gasteiger partial charge on any atom is -0.247 e. The maximum atomic E-state index is 5.71. The van der Waals surface area contributed by atoms with E-state index in [0.29, 0.717) is 0 Å². The summed E-state index contributed by atoms with van der Waals surface area (Å²) in [6.45, 7) is 0. The summed E-state index contributed by atoms with van der Waals surface area (Å²) in [7, 11) is 0. The molecule has 47 heavy (non-hydrogen) atoms. The molecule has 0 aliphatic heterocycles. The van der Waals surface area contributed by atoms with Crippen molar-refractivity contribution in [1.82, 2.24) is 4.98 Å². The Labute approximate surface area is 272 Å². The second-order valence-electron chi connectivity index (χ2n) is 13.0. The Kier molecular flexibility index (Phi) is 4.83. The standard InChI is InChI=1S/C46H27N/c1-2-15-31-29(13-1)30-14-3-4-16-32(30)39-27-28(25-26-33(31)39)44-37-20-6-5-19-36(37)43-45(47-44)38-21-9-12-24-42(38)46(43)40-22-10-7-17-34(40)35-18-8-11-23-41(35)46/h1-27H. The van der Waals surface area contributed by atoms with Crippen LogP contribution in [0.25, 0.3) is 76.7 Å². The van der Waals surface area contributed by atoms with Gasteiger partial charge in [0, 0.05) is 22.1 Å². The van der Waals surface area contributed by atoms with Crippen LogP contribution < -0.4 is 0 Å². The van der Waals surface area contributed by atoms with E-state index >= 15 is 0 Å². The molecule has 1 heteroatoms. The van der Waals surface area contributed by atoms with Crippen LogP contribution in [0.5, 0.6) is 0 Å². The van der Waals surface area contributed by atoms with E-state index in [2.05, 4.69) is 164 Å². The number of hydrogen-bond acceptors (Lipinski definition) is 1. The number of fused-ring (bicyclic) bond motifs is 18. The number of rotatable bonds is 1. The number of aromatic nitrogens is 1. The average molecular weight is 594 g/mol. The van der Waals surface area contributed by atoms with Gasteiger partial charge in [-0.3, -0.25) is 0 Å². The zero-order valence-corrected chi connectivity index (χ0v) is 25.5. The van der Waals surface area contributed by atoms with E-state index in [1.165, 1.54) is 82.0 Å². The smallest absolute Gasteiger partial charge is 0.0788 e. The molecule has 216 valence electrons. The molecule has 2 aliphatic carbocycles. The lowest BCUT2D eigenvalue weighted by Gasteiger charge is -2.31. The van der Waals surface area contributed by atoms with Crippen molar-refractivity contribution >= 4 is 43.1 Å². The molecule has 1 aromatic heterocycles. The van der Waals surface area contributed by atoms with Crippen molar-refractivity contribution in [3.8, 4) is 33.6 Å². The highest BCUT2D eigenvalue weighted by Crippen LogP contribution is 2.64. The molecule has 0 bridgehead atoms. The normalized spacial score (nSPS) is 13.7. The summed E-state index contributed by atoms with van der Waals surface area (Å²) < 4.78 is 0. The van der Waals surface area contributed by atoms with Crippen molar-refractivity contribution in [1.29, 1.82) is 0 Å². The lowest BCUT2D eigenvalue weighted by molar-refractivity contribution is 0.799. The molecule has 2 aliphatic rings. The van der Waals surface area contributed by atoms with Gasteiger partial charge in [0.15, 0.2) is 0 Å². The Hall–Kier alpha value is -6.05. The average Bonchev–Trinajstić information content (AvgIpc) is 3.62. The first-order valence-electron chi connectivity index (χ1n) is 16.4. The quantitative estimate of drug-likeness (QED) is 0.173. The summed E-state index contributed by atoms with van der Waals surface area (Å²) in [5.74, 6) is 0. The Morgan fingerprint density at radius 2 is 0.745 bits per heavy atom. The number of nitrogens with zero attached hydrogens (tertiary/aromatic N) is 1. The molecular weight excluding hydrogens is 567 g/mol. The van der Waals surface area contributed by atoms with Gasteiger partial charge in [-0.2, -0.15) is 0 Å². The number of benzene rings is 8. The van der Waals surface area contributed by atoms with Crippen LogP contribution in [0.1, 0.15) is 22.3 Å². The van der Waals surface area contributed by atoms with Crippen LogP contribution in [0.15, 0.2) is 164 Å². The number of pyridine rings is 1. The highest BCUT2D eigenvalue weighted by Gasteiger charge is 2.53. The fraction of sp³-hybridized carbons (Fsp3) is 0.0217. The second kappa shape index (κ2) is 9.02. The van der Waals surface area contributed by atoms with Gasteiger partial charge < -0.3 is 0 Å². The highest BCUT2D eigenvalue weighted by molar-refractivity contribution is 6.26. The molecule has 1 nitrogen and oxygen atoms in total. The van der Waals surface area contributed by atoms with Gasteiger partial charge in [-0.1, -0.05) is 158 Å². The maximum Gasteiger partial charge on any atom is 0.0788 e. The Bertz CT molecular complexity index is 2720. The van der Waals surface area contributed by atoms with Crippen LogP contribution in [0.4, 0.5) is 0 Å². The minimum absolute atomic E-state index is 0.428. The lowest BCUT2D eigenvalue weighted by Crippen LogP contribution is -2.26. The van der Waals surface area contributed by atoms with Gasteiger partial charge in [0.2, 0.25) is 0 Å². The maximum absolute atomic E-state index is 5.71. The molecule has 0 unspecified atom stereocenters. The molecule has 8 aromatic carbocycles. The SMILES string of the molecule is c1ccc2c(c1)-c1ccccc1C21c2ccccc2-c2nc(-c3ccc4c5ccccc5c5ccccc5c4c3)c3ccccc3c21. The molecule has 0 atom stereocenters. The van der Waals surface area contributed by atoms with Crippen LogP contribution in [0.3, 0.4) is 0 Å². The molecule has 11 rings (SSSR count). The van der Waals surface area contributed by atoms with Crippen LogP contribution in [-0.4, -0.2) is 4.98 Å². The summed E-state index contributed by atoms with van der Waals surface area (Å²) >= 11 is 0. The first kappa shape index (κ1) is 25.2. The molecule has 1 spiro atoms. The van der Waals surface area contributed by atoms with Gasteiger partial charge >= 0.3 is 0 Å². The van der Waals surface area contributed by atoms with Crippen molar-refractivity contribution in [2.45, 2.75) is 5.41 Å². The van der Waals surface area contributed by atoms with Gasteiger partial charge in [-0.05, 0) is 71.6 Å². The fourth-order valence-corrected chi connectivity index (χ4v) is 9.06. The predicted octanol–water partition coefficient (Wildman–Crippen LogP) is 11.7. The van der Waals surface area contributed by atoms with Gasteiger partial charge in [0.25, 0.3) is 0 Å². The molecule has 9 aromatic rings. The van der Waals surface area contributed by atoms with E-state index in [4.69, 9.17) is 4.98 Å². The highest BCUT2D eigenvalue weighted by atomic mass is 14.8. The molecule has 0 saturated heterocycles. The second-order valence-corrected chi connectivity index (χ2v) is 13.0. The van der Waals surface area contributed by atoms with Crippen LogP contribution in [0.2, 0.25) is 0 Å². The Morgan fingerprint density at radius 1 is 0.319 bits per heavy atom. The van der Waals surface area contributed by atoms with Crippen molar-refractivity contribution in [2.24, 2.45) is 0 Å². The van der Waals surface area contributed by atoms with E-state index in [0.717, 1.165) is 17.0 Å². The molecule has 0 saturated carbocycles. The van der Waals surface area contributed by atoms with Crippen molar-refractivity contribution in [2.75, 3.05) is 0 Å². The van der Waals surface area contributed by atoms with Crippen molar-refractivity contribution in [3.63, 3.8) is 0 Å². The van der Waals surface area contributed by atoms with Gasteiger partial charge in [-0.25, -0.2) is 4.98 Å². The van der Waals surface area contributed by atoms with E-state index < -0.39 is 5.41 Å². The van der Waals surface area contributed by atoms with Crippen LogP contribution >= 0.6 is 0 Å². The Morgan fingerprint density at radius 3 is 1.34 bits per heavy atom. The first-order chi connectivity index (χ1) is 23.3. The van der Waals surface area contributed by atoms with Crippen LogP contribution in [0, 0.1) is 0 Å². The van der Waals surface area contributed by atoms with E-state index in [1.54, 1.807) is 0 Å². The van der Waals surface area contributed by atoms with Crippen molar-refractivity contribution < 1.29 is 0 Å². The summed E-state index contributed by atoms with van der Waals surface area (Å²) in [6, 6.07) is 60.4. The molecule has 0 N–H and O–H groups in total. The van der Waals surface area contributed by atoms with E-state index in [9.17, 15) is 0 Å². The monoisotopic (exact) mass is 593 g/mol. The summed E-state index contributed by atoms with van der Waals surface area (Å²) in [5, 5.41) is 10.1. The first-order valence-corrected chi connectivity index (χ1v) is 16.4. The van der Waals surface area contributed by atoms with Gasteiger partial charge in [0.1, 0.15) is 0 Å². The topological polar surface area (TPSA) is 12.9 Å². The third kappa shape index (κ3) is 3.07. The van der Waals surface area contributed by atoms with E-state index in [1.807, 2.05) is 0 Å². The zero-order valence-electron chi connectivity index (χ0n) is 25.5.